The normalized spacial score (nSPS) is 15.3. The Morgan fingerprint density at radius 3 is 2.72 bits per heavy atom. The maximum atomic E-state index is 6.31. The van der Waals surface area contributed by atoms with E-state index in [2.05, 4.69) is 41.1 Å². The largest absolute Gasteiger partial charge is 0.378 e. The van der Waals surface area contributed by atoms with Crippen LogP contribution >= 0.6 is 11.6 Å². The molecular formula is C25H20ClN3. The van der Waals surface area contributed by atoms with Crippen LogP contribution in [-0.4, -0.2) is 9.97 Å². The topological polar surface area (TPSA) is 37.8 Å². The lowest BCUT2D eigenvalue weighted by molar-refractivity contribution is 0.628. The summed E-state index contributed by atoms with van der Waals surface area (Å²) in [4.78, 5) is 9.36. The highest BCUT2D eigenvalue weighted by Gasteiger charge is 2.22. The van der Waals surface area contributed by atoms with Crippen LogP contribution in [0.1, 0.15) is 29.2 Å². The molecule has 0 aliphatic heterocycles. The van der Waals surface area contributed by atoms with Crippen molar-refractivity contribution in [2.75, 3.05) is 0 Å². The minimum absolute atomic E-state index is 0.308. The van der Waals surface area contributed by atoms with Gasteiger partial charge in [-0.25, -0.2) is 4.98 Å². The van der Waals surface area contributed by atoms with Gasteiger partial charge in [-0.2, -0.15) is 0 Å². The Labute approximate surface area is 175 Å². The number of nitrogens with one attached hydrogen (secondary N) is 1. The Morgan fingerprint density at radius 2 is 1.83 bits per heavy atom. The van der Waals surface area contributed by atoms with Gasteiger partial charge in [0.1, 0.15) is 0 Å². The zero-order chi connectivity index (χ0) is 19.8. The van der Waals surface area contributed by atoms with E-state index in [4.69, 9.17) is 16.6 Å². The van der Waals surface area contributed by atoms with Crippen molar-refractivity contribution in [3.8, 4) is 11.3 Å². The third kappa shape index (κ3) is 3.39. The van der Waals surface area contributed by atoms with Crippen molar-refractivity contribution < 1.29 is 0 Å². The fraction of sp³-hybridized carbons (Fsp3) is 0.120. The summed E-state index contributed by atoms with van der Waals surface area (Å²) in [5.41, 5.74) is 8.08. The van der Waals surface area contributed by atoms with Gasteiger partial charge in [0.05, 0.1) is 34.0 Å². The third-order valence-corrected chi connectivity index (χ3v) is 5.85. The molecule has 1 N–H and O–H groups in total. The Balaban J connectivity index is 1.41. The smallest absolute Gasteiger partial charge is 0.0907 e. The zero-order valence-corrected chi connectivity index (χ0v) is 16.7. The SMILES string of the molecule is C=C(NC1CCc2ccccc21)c1ccc2nc(-c3ccccc3Cl)cnc2c1. The lowest BCUT2D eigenvalue weighted by Gasteiger charge is -2.18. The molecule has 1 unspecified atom stereocenters. The molecule has 5 rings (SSSR count). The van der Waals surface area contributed by atoms with Gasteiger partial charge in [0, 0.05) is 11.3 Å². The molecule has 29 heavy (non-hydrogen) atoms. The predicted molar refractivity (Wildman–Crippen MR) is 120 cm³/mol. The predicted octanol–water partition coefficient (Wildman–Crippen LogP) is 6.20. The Kier molecular flexibility index (Phi) is 4.53. The number of hydrogen-bond acceptors (Lipinski definition) is 3. The first kappa shape index (κ1) is 17.9. The van der Waals surface area contributed by atoms with Crippen molar-refractivity contribution in [1.29, 1.82) is 0 Å². The van der Waals surface area contributed by atoms with Gasteiger partial charge in [-0.3, -0.25) is 4.98 Å². The molecule has 0 amide bonds. The van der Waals surface area contributed by atoms with E-state index >= 15 is 0 Å². The molecule has 3 aromatic carbocycles. The fourth-order valence-corrected chi connectivity index (χ4v) is 4.23. The molecule has 0 saturated carbocycles. The first-order valence-electron chi connectivity index (χ1n) is 9.74. The third-order valence-electron chi connectivity index (χ3n) is 5.52. The van der Waals surface area contributed by atoms with E-state index in [0.717, 1.165) is 46.4 Å². The van der Waals surface area contributed by atoms with E-state index < -0.39 is 0 Å². The van der Waals surface area contributed by atoms with Crippen molar-refractivity contribution in [3.63, 3.8) is 0 Å². The molecule has 1 atom stereocenters. The van der Waals surface area contributed by atoms with Crippen LogP contribution in [0.25, 0.3) is 28.0 Å². The number of nitrogens with zero attached hydrogens (tertiary/aromatic N) is 2. The van der Waals surface area contributed by atoms with E-state index in [-0.39, 0.29) is 0 Å². The number of rotatable bonds is 4. The second kappa shape index (κ2) is 7.34. The number of hydrogen-bond donors (Lipinski definition) is 1. The summed E-state index contributed by atoms with van der Waals surface area (Å²) in [6.07, 6.45) is 3.97. The molecular weight excluding hydrogens is 378 g/mol. The second-order valence-electron chi connectivity index (χ2n) is 7.35. The van der Waals surface area contributed by atoms with Gasteiger partial charge in [-0.1, -0.05) is 66.7 Å². The van der Waals surface area contributed by atoms with E-state index in [1.54, 1.807) is 6.20 Å². The van der Waals surface area contributed by atoms with Gasteiger partial charge in [0.2, 0.25) is 0 Å². The summed E-state index contributed by atoms with van der Waals surface area (Å²) in [5.74, 6) is 0. The van der Waals surface area contributed by atoms with E-state index in [1.807, 2.05) is 42.5 Å². The first-order chi connectivity index (χ1) is 14.2. The van der Waals surface area contributed by atoms with E-state index in [9.17, 15) is 0 Å². The highest BCUT2D eigenvalue weighted by Crippen LogP contribution is 2.33. The van der Waals surface area contributed by atoms with Crippen LogP contribution in [0.4, 0.5) is 0 Å². The summed E-state index contributed by atoms with van der Waals surface area (Å²) >= 11 is 6.31. The molecule has 0 spiro atoms. The molecule has 1 aliphatic carbocycles. The lowest BCUT2D eigenvalue weighted by Crippen LogP contribution is -2.17. The van der Waals surface area contributed by atoms with Crippen molar-refractivity contribution >= 4 is 28.3 Å². The first-order valence-corrected chi connectivity index (χ1v) is 10.1. The Morgan fingerprint density at radius 1 is 1.00 bits per heavy atom. The molecule has 0 saturated heterocycles. The fourth-order valence-electron chi connectivity index (χ4n) is 4.00. The number of benzene rings is 3. The molecule has 1 aliphatic rings. The monoisotopic (exact) mass is 397 g/mol. The minimum Gasteiger partial charge on any atom is -0.378 e. The van der Waals surface area contributed by atoms with Crippen molar-refractivity contribution in [1.82, 2.24) is 15.3 Å². The van der Waals surface area contributed by atoms with Crippen LogP contribution in [0.5, 0.6) is 0 Å². The molecule has 4 aromatic rings. The van der Waals surface area contributed by atoms with Crippen LogP contribution < -0.4 is 5.32 Å². The molecule has 142 valence electrons. The Bertz CT molecular complexity index is 1230. The van der Waals surface area contributed by atoms with Crippen LogP contribution in [0.15, 0.2) is 79.5 Å². The van der Waals surface area contributed by atoms with Crippen molar-refractivity contribution in [2.24, 2.45) is 0 Å². The van der Waals surface area contributed by atoms with Crippen molar-refractivity contribution in [2.45, 2.75) is 18.9 Å². The molecule has 1 aromatic heterocycles. The second-order valence-corrected chi connectivity index (χ2v) is 7.76. The Hall–Kier alpha value is -3.17. The van der Waals surface area contributed by atoms with Gasteiger partial charge in [0.25, 0.3) is 0 Å². The summed E-state index contributed by atoms with van der Waals surface area (Å²) in [6.45, 7) is 4.27. The summed E-state index contributed by atoms with van der Waals surface area (Å²) in [6, 6.07) is 22.7. The van der Waals surface area contributed by atoms with Gasteiger partial charge < -0.3 is 5.32 Å². The average molecular weight is 398 g/mol. The summed E-state index contributed by atoms with van der Waals surface area (Å²) < 4.78 is 0. The van der Waals surface area contributed by atoms with E-state index in [0.29, 0.717) is 11.1 Å². The summed E-state index contributed by atoms with van der Waals surface area (Å²) in [7, 11) is 0. The summed E-state index contributed by atoms with van der Waals surface area (Å²) in [5, 5.41) is 4.27. The van der Waals surface area contributed by atoms with Gasteiger partial charge in [0.15, 0.2) is 0 Å². The molecule has 0 fully saturated rings. The van der Waals surface area contributed by atoms with Gasteiger partial charge in [-0.05, 0) is 47.7 Å². The van der Waals surface area contributed by atoms with Crippen LogP contribution in [0.2, 0.25) is 5.02 Å². The lowest BCUT2D eigenvalue weighted by atomic mass is 10.1. The molecule has 0 bridgehead atoms. The average Bonchev–Trinajstić information content (AvgIpc) is 3.16. The van der Waals surface area contributed by atoms with E-state index in [1.165, 1.54) is 11.1 Å². The molecule has 1 heterocycles. The number of aryl methyl sites for hydroxylation is 1. The maximum Gasteiger partial charge on any atom is 0.0907 e. The van der Waals surface area contributed by atoms with Crippen LogP contribution in [0, 0.1) is 0 Å². The number of fused-ring (bicyclic) bond motifs is 2. The molecule has 0 radical (unpaired) electrons. The molecule has 3 nitrogen and oxygen atoms in total. The van der Waals surface area contributed by atoms with Crippen LogP contribution in [0.3, 0.4) is 0 Å². The highest BCUT2D eigenvalue weighted by atomic mass is 35.5. The number of halogens is 1. The number of aromatic nitrogens is 2. The van der Waals surface area contributed by atoms with Gasteiger partial charge in [-0.15, -0.1) is 0 Å². The van der Waals surface area contributed by atoms with Crippen LogP contribution in [-0.2, 0) is 6.42 Å². The zero-order valence-electron chi connectivity index (χ0n) is 15.9. The quantitative estimate of drug-likeness (QED) is 0.445. The minimum atomic E-state index is 0.308. The standard InChI is InChI=1S/C25H20ClN3/c1-16(28-22-12-10-17-6-2-3-7-19(17)22)18-11-13-23-24(14-18)27-15-25(29-23)20-8-4-5-9-21(20)26/h2-9,11,13-15,22,28H,1,10,12H2. The molecule has 4 heteroatoms. The highest BCUT2D eigenvalue weighted by molar-refractivity contribution is 6.33. The van der Waals surface area contributed by atoms with Crippen molar-refractivity contribution in [3.05, 3.63) is 101 Å². The maximum absolute atomic E-state index is 6.31. The van der Waals surface area contributed by atoms with Gasteiger partial charge >= 0.3 is 0 Å².